The first-order valence-electron chi connectivity index (χ1n) is 22.5. The van der Waals surface area contributed by atoms with E-state index in [9.17, 15) is 19.0 Å². The molecule has 0 bridgehead atoms. The molecule has 0 heterocycles. The van der Waals surface area contributed by atoms with E-state index in [4.69, 9.17) is 18.5 Å². The summed E-state index contributed by atoms with van der Waals surface area (Å²) in [6.45, 7) is 4.03. The second kappa shape index (κ2) is 39.2. The largest absolute Gasteiger partial charge is 0.756 e. The second-order valence-electron chi connectivity index (χ2n) is 16.1. The predicted molar refractivity (Wildman–Crippen MR) is 236 cm³/mol. The van der Waals surface area contributed by atoms with E-state index < -0.39 is 32.5 Å². The summed E-state index contributed by atoms with van der Waals surface area (Å²) in [5, 5.41) is 0. The smallest absolute Gasteiger partial charge is 0.306 e. The first kappa shape index (κ1) is 54.7. The molecule has 0 spiro atoms. The number of hydrogen-bond acceptors (Lipinski definition) is 8. The van der Waals surface area contributed by atoms with Crippen LogP contribution in [-0.2, 0) is 32.7 Å². The third-order valence-electron chi connectivity index (χ3n) is 9.37. The number of unbranched alkanes of at least 4 members (excludes halogenated alkanes) is 19. The van der Waals surface area contributed by atoms with Crippen molar-refractivity contribution in [1.29, 1.82) is 0 Å². The molecule has 0 aliphatic carbocycles. The summed E-state index contributed by atoms with van der Waals surface area (Å²) in [4.78, 5) is 37.5. The normalized spacial score (nSPS) is 14.1. The number of carbonyl (C=O) groups excluding carboxylic acids is 2. The Hall–Kier alpha value is -2.29. The molecule has 9 nitrogen and oxygen atoms in total. The number of hydrogen-bond donors (Lipinski definition) is 0. The highest BCUT2D eigenvalue weighted by Crippen LogP contribution is 2.38. The fourth-order valence-electron chi connectivity index (χ4n) is 5.84. The summed E-state index contributed by atoms with van der Waals surface area (Å²) in [5.41, 5.74) is 0. The lowest BCUT2D eigenvalue weighted by Gasteiger charge is -2.28. The third-order valence-corrected chi connectivity index (χ3v) is 10.3. The van der Waals surface area contributed by atoms with Gasteiger partial charge in [0.25, 0.3) is 7.82 Å². The van der Waals surface area contributed by atoms with Crippen LogP contribution in [0.15, 0.2) is 60.8 Å². The summed E-state index contributed by atoms with van der Waals surface area (Å²) in [6, 6.07) is 0. The summed E-state index contributed by atoms with van der Waals surface area (Å²) < 4.78 is 33.8. The van der Waals surface area contributed by atoms with Gasteiger partial charge >= 0.3 is 11.9 Å². The van der Waals surface area contributed by atoms with Gasteiger partial charge in [-0.2, -0.15) is 0 Å². The van der Waals surface area contributed by atoms with Gasteiger partial charge < -0.3 is 27.9 Å². The molecule has 0 radical (unpaired) electrons. The van der Waals surface area contributed by atoms with E-state index in [1.165, 1.54) is 83.5 Å². The van der Waals surface area contributed by atoms with Gasteiger partial charge in [-0.15, -0.1) is 0 Å². The van der Waals surface area contributed by atoms with Crippen LogP contribution in [0.5, 0.6) is 0 Å². The molecule has 0 aliphatic heterocycles. The van der Waals surface area contributed by atoms with Gasteiger partial charge in [-0.3, -0.25) is 14.2 Å². The maximum absolute atomic E-state index is 12.6. The molecule has 57 heavy (non-hydrogen) atoms. The number of likely N-dealkylation sites (N-methyl/N-ethyl adjacent to an activating group) is 1. The topological polar surface area (TPSA) is 111 Å². The number of carbonyl (C=O) groups is 2. The van der Waals surface area contributed by atoms with Crippen LogP contribution in [0.3, 0.4) is 0 Å². The summed E-state index contributed by atoms with van der Waals surface area (Å²) in [7, 11) is 1.13. The molecule has 0 aromatic rings. The van der Waals surface area contributed by atoms with E-state index in [-0.39, 0.29) is 26.1 Å². The minimum atomic E-state index is -4.64. The lowest BCUT2D eigenvalue weighted by Crippen LogP contribution is -2.37. The maximum atomic E-state index is 12.6. The molecule has 0 rings (SSSR count). The standard InChI is InChI=1S/C47H84NO8P/c1-6-8-10-12-14-16-18-20-21-22-23-24-25-26-28-29-31-33-35-37-39-46(49)53-43-45(44-55-57(51,52)54-42-41-48(3,4)5)56-47(50)40-38-36-34-32-30-27-19-17-15-13-11-9-7-2/h9,11,13,15,17,19,23-24,27,30,45H,6-8,10,12,14,16,18,20-22,25-26,28-29,31-44H2,1-5H3/b11-9+,15-13+,19-17+,24-23+,30-27+. The van der Waals surface area contributed by atoms with Crippen molar-refractivity contribution in [2.45, 2.75) is 180 Å². The first-order valence-corrected chi connectivity index (χ1v) is 24.0. The van der Waals surface area contributed by atoms with Crippen LogP contribution in [0.4, 0.5) is 0 Å². The van der Waals surface area contributed by atoms with Crippen molar-refractivity contribution >= 4 is 19.8 Å². The lowest BCUT2D eigenvalue weighted by atomic mass is 10.1. The van der Waals surface area contributed by atoms with Crippen LogP contribution in [0, 0.1) is 0 Å². The molecule has 0 amide bonds. The molecule has 0 aromatic carbocycles. The van der Waals surface area contributed by atoms with E-state index in [0.717, 1.165) is 57.8 Å². The highest BCUT2D eigenvalue weighted by molar-refractivity contribution is 7.45. The summed E-state index contributed by atoms with van der Waals surface area (Å²) >= 11 is 0. The van der Waals surface area contributed by atoms with E-state index in [1.807, 2.05) is 57.6 Å². The Balaban J connectivity index is 4.34. The molecular formula is C47H84NO8P. The van der Waals surface area contributed by atoms with Crippen LogP contribution in [0.1, 0.15) is 174 Å². The van der Waals surface area contributed by atoms with Gasteiger partial charge in [0.1, 0.15) is 19.8 Å². The highest BCUT2D eigenvalue weighted by Gasteiger charge is 2.21. The van der Waals surface area contributed by atoms with Gasteiger partial charge in [0.05, 0.1) is 27.7 Å². The molecule has 0 saturated heterocycles. The Bertz CT molecular complexity index is 1160. The number of ether oxygens (including phenoxy) is 2. The van der Waals surface area contributed by atoms with Gasteiger partial charge in [-0.1, -0.05) is 164 Å². The van der Waals surface area contributed by atoms with Gasteiger partial charge in [0.2, 0.25) is 0 Å². The number of esters is 2. The van der Waals surface area contributed by atoms with Crippen LogP contribution in [-0.4, -0.2) is 70.0 Å². The predicted octanol–water partition coefficient (Wildman–Crippen LogP) is 12.2. The lowest BCUT2D eigenvalue weighted by molar-refractivity contribution is -0.870. The number of rotatable bonds is 40. The molecule has 0 saturated carbocycles. The summed E-state index contributed by atoms with van der Waals surface area (Å²) in [6.07, 6.45) is 46.9. The van der Waals surface area contributed by atoms with Crippen molar-refractivity contribution in [3.63, 3.8) is 0 Å². The number of quaternary nitrogens is 1. The van der Waals surface area contributed by atoms with Crippen molar-refractivity contribution in [3.05, 3.63) is 60.8 Å². The molecule has 0 N–H and O–H groups in total. The van der Waals surface area contributed by atoms with Crippen LogP contribution in [0.25, 0.3) is 0 Å². The maximum Gasteiger partial charge on any atom is 0.306 e. The number of phosphoric acid groups is 1. The molecule has 0 aromatic heterocycles. The average Bonchev–Trinajstić information content (AvgIpc) is 3.16. The first-order chi connectivity index (χ1) is 27.5. The molecule has 0 aliphatic rings. The Morgan fingerprint density at radius 3 is 1.56 bits per heavy atom. The Morgan fingerprint density at radius 2 is 1.02 bits per heavy atom. The van der Waals surface area contributed by atoms with Gasteiger partial charge in [-0.25, -0.2) is 0 Å². The van der Waals surface area contributed by atoms with Crippen molar-refractivity contribution in [3.8, 4) is 0 Å². The Labute approximate surface area is 349 Å². The average molecular weight is 822 g/mol. The Kier molecular flexibility index (Phi) is 37.6. The zero-order chi connectivity index (χ0) is 42.1. The molecule has 0 fully saturated rings. The van der Waals surface area contributed by atoms with Crippen molar-refractivity contribution in [2.75, 3.05) is 47.5 Å². The quantitative estimate of drug-likeness (QED) is 0.0150. The van der Waals surface area contributed by atoms with E-state index in [1.54, 1.807) is 0 Å². The zero-order valence-corrected chi connectivity index (χ0v) is 37.9. The van der Waals surface area contributed by atoms with Crippen molar-refractivity contribution < 1.29 is 42.1 Å². The second-order valence-corrected chi connectivity index (χ2v) is 17.5. The molecule has 10 heteroatoms. The number of nitrogens with zero attached hydrogens (tertiary/aromatic N) is 1. The van der Waals surface area contributed by atoms with E-state index in [0.29, 0.717) is 17.4 Å². The van der Waals surface area contributed by atoms with Gasteiger partial charge in [-0.05, 0) is 57.8 Å². The highest BCUT2D eigenvalue weighted by atomic mass is 31.2. The SMILES string of the molecule is CC/C=C/C=C/C=C/C=C/CCCCCC(=O)OC(COC(=O)CCCCCCCCC/C=C/CCCCCCCCCCC)COP(=O)([O-])OCC[N+](C)(C)C. The molecule has 2 unspecified atom stereocenters. The Morgan fingerprint density at radius 1 is 0.561 bits per heavy atom. The van der Waals surface area contributed by atoms with E-state index >= 15 is 0 Å². The van der Waals surface area contributed by atoms with Gasteiger partial charge in [0.15, 0.2) is 6.10 Å². The monoisotopic (exact) mass is 822 g/mol. The third kappa shape index (κ3) is 43.1. The van der Waals surface area contributed by atoms with Crippen molar-refractivity contribution in [1.82, 2.24) is 0 Å². The summed E-state index contributed by atoms with van der Waals surface area (Å²) in [5.74, 6) is -0.888. The zero-order valence-electron chi connectivity index (χ0n) is 37.0. The van der Waals surface area contributed by atoms with Crippen molar-refractivity contribution in [2.24, 2.45) is 0 Å². The molecule has 330 valence electrons. The van der Waals surface area contributed by atoms with Crippen LogP contribution in [0.2, 0.25) is 0 Å². The number of allylic oxidation sites excluding steroid dienone is 10. The fourth-order valence-corrected chi connectivity index (χ4v) is 6.56. The molecule has 2 atom stereocenters. The van der Waals surface area contributed by atoms with Crippen LogP contribution >= 0.6 is 7.82 Å². The fraction of sp³-hybridized carbons (Fsp3) is 0.745. The number of phosphoric ester groups is 1. The minimum Gasteiger partial charge on any atom is -0.756 e. The minimum absolute atomic E-state index is 0.0420. The van der Waals surface area contributed by atoms with E-state index in [2.05, 4.69) is 38.2 Å². The van der Waals surface area contributed by atoms with Gasteiger partial charge in [0, 0.05) is 12.8 Å². The van der Waals surface area contributed by atoms with Crippen LogP contribution < -0.4 is 4.89 Å². The molecular weight excluding hydrogens is 737 g/mol.